The van der Waals surface area contributed by atoms with E-state index in [1.165, 1.54) is 0 Å². The second kappa shape index (κ2) is 6.38. The van der Waals surface area contributed by atoms with Gasteiger partial charge in [-0.05, 0) is 33.3 Å². The highest BCUT2D eigenvalue weighted by atomic mass is 16.5. The standard InChI is InChI=1S/C13H19NO5/c1-5-18-12(16)9-7(3)10(14-8(9)4)11(15)13(17)19-6-2/h11,14-15H,5-6H2,1-4H3. The van der Waals surface area contributed by atoms with E-state index in [4.69, 9.17) is 9.47 Å². The van der Waals surface area contributed by atoms with E-state index in [0.717, 1.165) is 0 Å². The number of rotatable bonds is 5. The minimum atomic E-state index is -1.43. The molecule has 6 nitrogen and oxygen atoms in total. The maximum atomic E-state index is 11.8. The third-order valence-corrected chi connectivity index (χ3v) is 2.74. The summed E-state index contributed by atoms with van der Waals surface area (Å²) >= 11 is 0. The molecule has 2 N–H and O–H groups in total. The van der Waals surface area contributed by atoms with Crippen molar-refractivity contribution in [2.75, 3.05) is 13.2 Å². The summed E-state index contributed by atoms with van der Waals surface area (Å²) in [6, 6.07) is 0. The molecule has 0 amide bonds. The normalized spacial score (nSPS) is 12.1. The fourth-order valence-electron chi connectivity index (χ4n) is 1.90. The molecule has 19 heavy (non-hydrogen) atoms. The van der Waals surface area contributed by atoms with E-state index in [9.17, 15) is 14.7 Å². The third kappa shape index (κ3) is 3.14. The second-order valence-electron chi connectivity index (χ2n) is 4.04. The monoisotopic (exact) mass is 269 g/mol. The molecule has 0 bridgehead atoms. The van der Waals surface area contributed by atoms with Gasteiger partial charge < -0.3 is 19.6 Å². The molecule has 0 aromatic carbocycles. The lowest BCUT2D eigenvalue weighted by molar-refractivity contribution is -0.153. The number of esters is 2. The summed E-state index contributed by atoms with van der Waals surface area (Å²) in [4.78, 5) is 26.1. The van der Waals surface area contributed by atoms with Crippen LogP contribution >= 0.6 is 0 Å². The first-order valence-corrected chi connectivity index (χ1v) is 6.14. The Bertz CT molecular complexity index is 478. The Hall–Kier alpha value is -1.82. The Kier molecular flexibility index (Phi) is 5.11. The molecule has 0 aliphatic rings. The Labute approximate surface area is 111 Å². The van der Waals surface area contributed by atoms with Crippen molar-refractivity contribution in [2.45, 2.75) is 33.8 Å². The maximum Gasteiger partial charge on any atom is 0.341 e. The molecule has 1 unspecified atom stereocenters. The number of hydrogen-bond acceptors (Lipinski definition) is 5. The number of aromatic nitrogens is 1. The average molecular weight is 269 g/mol. The van der Waals surface area contributed by atoms with Gasteiger partial charge in [0.15, 0.2) is 6.10 Å². The van der Waals surface area contributed by atoms with Gasteiger partial charge in [-0.15, -0.1) is 0 Å². The van der Waals surface area contributed by atoms with Crippen molar-refractivity contribution < 1.29 is 24.2 Å². The topological polar surface area (TPSA) is 88.6 Å². The fourth-order valence-corrected chi connectivity index (χ4v) is 1.90. The summed E-state index contributed by atoms with van der Waals surface area (Å²) in [6.07, 6.45) is -1.43. The average Bonchev–Trinajstić information content (AvgIpc) is 2.64. The molecule has 0 aliphatic heterocycles. The van der Waals surface area contributed by atoms with Gasteiger partial charge in [0.25, 0.3) is 0 Å². The quantitative estimate of drug-likeness (QED) is 0.789. The summed E-state index contributed by atoms with van der Waals surface area (Å²) < 4.78 is 9.68. The molecule has 1 atom stereocenters. The molecule has 0 saturated heterocycles. The van der Waals surface area contributed by atoms with Gasteiger partial charge in [-0.3, -0.25) is 0 Å². The maximum absolute atomic E-state index is 11.8. The number of aliphatic hydroxyl groups excluding tert-OH is 1. The number of aryl methyl sites for hydroxylation is 1. The van der Waals surface area contributed by atoms with E-state index in [1.807, 2.05) is 0 Å². The van der Waals surface area contributed by atoms with E-state index < -0.39 is 18.0 Å². The van der Waals surface area contributed by atoms with Crippen molar-refractivity contribution in [3.05, 3.63) is 22.5 Å². The zero-order chi connectivity index (χ0) is 14.6. The van der Waals surface area contributed by atoms with Gasteiger partial charge in [0.1, 0.15) is 0 Å². The van der Waals surface area contributed by atoms with Crippen LogP contribution in [0.15, 0.2) is 0 Å². The highest BCUT2D eigenvalue weighted by Crippen LogP contribution is 2.24. The Balaban J connectivity index is 3.08. The molecule has 106 valence electrons. The van der Waals surface area contributed by atoms with Crippen LogP contribution in [0.25, 0.3) is 0 Å². The number of H-pyrrole nitrogens is 1. The van der Waals surface area contributed by atoms with E-state index in [0.29, 0.717) is 16.8 Å². The van der Waals surface area contributed by atoms with Crippen molar-refractivity contribution in [1.29, 1.82) is 0 Å². The van der Waals surface area contributed by atoms with Gasteiger partial charge in [0.05, 0.1) is 24.5 Å². The Morgan fingerprint density at radius 3 is 2.32 bits per heavy atom. The van der Waals surface area contributed by atoms with Crippen molar-refractivity contribution >= 4 is 11.9 Å². The highest BCUT2D eigenvalue weighted by molar-refractivity contribution is 5.93. The van der Waals surface area contributed by atoms with Crippen molar-refractivity contribution in [3.63, 3.8) is 0 Å². The number of carbonyl (C=O) groups excluding carboxylic acids is 2. The number of hydrogen-bond donors (Lipinski definition) is 2. The molecule has 0 radical (unpaired) electrons. The van der Waals surface area contributed by atoms with Crippen LogP contribution in [0.4, 0.5) is 0 Å². The molecule has 0 fully saturated rings. The molecule has 0 aliphatic carbocycles. The molecule has 1 heterocycles. The van der Waals surface area contributed by atoms with Gasteiger partial charge in [-0.1, -0.05) is 0 Å². The van der Waals surface area contributed by atoms with Crippen LogP contribution in [0, 0.1) is 13.8 Å². The number of carbonyl (C=O) groups is 2. The third-order valence-electron chi connectivity index (χ3n) is 2.74. The Morgan fingerprint density at radius 2 is 1.79 bits per heavy atom. The molecule has 1 aromatic rings. The minimum Gasteiger partial charge on any atom is -0.464 e. The largest absolute Gasteiger partial charge is 0.464 e. The minimum absolute atomic E-state index is 0.180. The predicted molar refractivity (Wildman–Crippen MR) is 67.8 cm³/mol. The smallest absolute Gasteiger partial charge is 0.341 e. The number of ether oxygens (including phenoxy) is 2. The van der Waals surface area contributed by atoms with E-state index in [1.54, 1.807) is 27.7 Å². The van der Waals surface area contributed by atoms with Crippen LogP contribution < -0.4 is 0 Å². The van der Waals surface area contributed by atoms with E-state index >= 15 is 0 Å². The fraction of sp³-hybridized carbons (Fsp3) is 0.538. The lowest BCUT2D eigenvalue weighted by Crippen LogP contribution is -2.16. The molecular formula is C13H19NO5. The van der Waals surface area contributed by atoms with Gasteiger partial charge in [0, 0.05) is 5.69 Å². The zero-order valence-electron chi connectivity index (χ0n) is 11.6. The van der Waals surface area contributed by atoms with Crippen molar-refractivity contribution in [2.24, 2.45) is 0 Å². The number of nitrogens with one attached hydrogen (secondary N) is 1. The first-order valence-electron chi connectivity index (χ1n) is 6.14. The van der Waals surface area contributed by atoms with E-state index in [-0.39, 0.29) is 18.9 Å². The van der Waals surface area contributed by atoms with Gasteiger partial charge in [-0.25, -0.2) is 9.59 Å². The van der Waals surface area contributed by atoms with Crippen LogP contribution in [-0.2, 0) is 14.3 Å². The molecular weight excluding hydrogens is 250 g/mol. The van der Waals surface area contributed by atoms with Gasteiger partial charge in [-0.2, -0.15) is 0 Å². The number of aromatic amines is 1. The molecule has 0 spiro atoms. The highest BCUT2D eigenvalue weighted by Gasteiger charge is 2.27. The summed E-state index contributed by atoms with van der Waals surface area (Å²) in [5, 5.41) is 9.89. The SMILES string of the molecule is CCOC(=O)c1c(C)[nH]c(C(O)C(=O)OCC)c1C. The molecule has 1 rings (SSSR count). The summed E-state index contributed by atoms with van der Waals surface area (Å²) in [6.45, 7) is 7.14. The van der Waals surface area contributed by atoms with Crippen LogP contribution in [-0.4, -0.2) is 35.2 Å². The van der Waals surface area contributed by atoms with Crippen LogP contribution in [0.5, 0.6) is 0 Å². The van der Waals surface area contributed by atoms with Crippen LogP contribution in [0.2, 0.25) is 0 Å². The molecule has 0 saturated carbocycles. The lowest BCUT2D eigenvalue weighted by atomic mass is 10.1. The van der Waals surface area contributed by atoms with Crippen LogP contribution in [0.3, 0.4) is 0 Å². The molecule has 6 heteroatoms. The second-order valence-corrected chi connectivity index (χ2v) is 4.04. The van der Waals surface area contributed by atoms with Crippen LogP contribution in [0.1, 0.15) is 47.3 Å². The summed E-state index contributed by atoms with van der Waals surface area (Å²) in [7, 11) is 0. The Morgan fingerprint density at radius 1 is 1.21 bits per heavy atom. The van der Waals surface area contributed by atoms with Gasteiger partial charge >= 0.3 is 11.9 Å². The molecule has 1 aromatic heterocycles. The first kappa shape index (κ1) is 15.2. The zero-order valence-corrected chi connectivity index (χ0v) is 11.6. The number of aliphatic hydroxyl groups is 1. The van der Waals surface area contributed by atoms with Crippen molar-refractivity contribution in [1.82, 2.24) is 4.98 Å². The summed E-state index contributed by atoms with van der Waals surface area (Å²) in [5.74, 6) is -1.22. The lowest BCUT2D eigenvalue weighted by Gasteiger charge is -2.09. The summed E-state index contributed by atoms with van der Waals surface area (Å²) in [5.41, 5.74) is 1.66. The first-order chi connectivity index (χ1) is 8.93. The van der Waals surface area contributed by atoms with Gasteiger partial charge in [0.2, 0.25) is 0 Å². The van der Waals surface area contributed by atoms with Crippen molar-refractivity contribution in [3.8, 4) is 0 Å². The predicted octanol–water partition coefficient (Wildman–Crippen LogP) is 1.40. The van der Waals surface area contributed by atoms with E-state index in [2.05, 4.69) is 4.98 Å².